The normalized spacial score (nSPS) is 27.8. The molecule has 0 radical (unpaired) electrons. The highest BCUT2D eigenvalue weighted by atomic mass is 15.2. The standard InChI is InChI=1S/C15H31N3/c1-3-9-18(13-14-5-4-8-16-12-14)15-6-10-17(2)11-7-15/h14-16H,3-13H2,1-2H3. The van der Waals surface area contributed by atoms with Gasteiger partial charge in [-0.3, -0.25) is 4.90 Å². The molecular formula is C15H31N3. The van der Waals surface area contributed by atoms with Gasteiger partial charge in [0.25, 0.3) is 0 Å². The van der Waals surface area contributed by atoms with Crippen molar-refractivity contribution in [3.63, 3.8) is 0 Å². The first-order valence-corrected chi connectivity index (χ1v) is 7.93. The van der Waals surface area contributed by atoms with Gasteiger partial charge in [-0.15, -0.1) is 0 Å². The highest BCUT2D eigenvalue weighted by Crippen LogP contribution is 2.20. The van der Waals surface area contributed by atoms with Crippen molar-refractivity contribution >= 4 is 0 Å². The van der Waals surface area contributed by atoms with Crippen molar-refractivity contribution in [2.45, 2.75) is 45.1 Å². The smallest absolute Gasteiger partial charge is 0.0120 e. The van der Waals surface area contributed by atoms with Crippen LogP contribution in [0.1, 0.15) is 39.0 Å². The molecular weight excluding hydrogens is 222 g/mol. The maximum atomic E-state index is 3.56. The van der Waals surface area contributed by atoms with Crippen LogP contribution >= 0.6 is 0 Å². The fraction of sp³-hybridized carbons (Fsp3) is 1.00. The summed E-state index contributed by atoms with van der Waals surface area (Å²) < 4.78 is 0. The van der Waals surface area contributed by atoms with Gasteiger partial charge in [0.2, 0.25) is 0 Å². The molecule has 0 aliphatic carbocycles. The molecule has 18 heavy (non-hydrogen) atoms. The van der Waals surface area contributed by atoms with Crippen molar-refractivity contribution in [2.24, 2.45) is 5.92 Å². The van der Waals surface area contributed by atoms with E-state index < -0.39 is 0 Å². The second-order valence-corrected chi connectivity index (χ2v) is 6.24. The van der Waals surface area contributed by atoms with Gasteiger partial charge in [-0.05, 0) is 77.8 Å². The van der Waals surface area contributed by atoms with Gasteiger partial charge in [0.05, 0.1) is 0 Å². The minimum absolute atomic E-state index is 0.850. The predicted molar refractivity (Wildman–Crippen MR) is 78.0 cm³/mol. The molecule has 1 N–H and O–H groups in total. The quantitative estimate of drug-likeness (QED) is 0.806. The fourth-order valence-electron chi connectivity index (χ4n) is 3.48. The number of nitrogens with one attached hydrogen (secondary N) is 1. The van der Waals surface area contributed by atoms with Crippen LogP contribution in [-0.2, 0) is 0 Å². The molecule has 0 bridgehead atoms. The molecule has 0 spiro atoms. The zero-order valence-electron chi connectivity index (χ0n) is 12.3. The van der Waals surface area contributed by atoms with Crippen LogP contribution in [0.2, 0.25) is 0 Å². The highest BCUT2D eigenvalue weighted by molar-refractivity contribution is 4.81. The topological polar surface area (TPSA) is 18.5 Å². The van der Waals surface area contributed by atoms with E-state index in [2.05, 4.69) is 29.1 Å². The average molecular weight is 253 g/mol. The zero-order valence-corrected chi connectivity index (χ0v) is 12.3. The molecule has 0 aromatic heterocycles. The summed E-state index contributed by atoms with van der Waals surface area (Å²) in [7, 11) is 2.26. The number of piperidine rings is 2. The van der Waals surface area contributed by atoms with Gasteiger partial charge >= 0.3 is 0 Å². The van der Waals surface area contributed by atoms with Crippen molar-refractivity contribution in [2.75, 3.05) is 46.3 Å². The summed E-state index contributed by atoms with van der Waals surface area (Å²) in [5.74, 6) is 0.893. The third-order valence-electron chi connectivity index (χ3n) is 4.61. The van der Waals surface area contributed by atoms with Crippen molar-refractivity contribution in [3.8, 4) is 0 Å². The summed E-state index contributed by atoms with van der Waals surface area (Å²) in [6.07, 6.45) is 6.84. The largest absolute Gasteiger partial charge is 0.316 e. The molecule has 2 aliphatic rings. The first-order chi connectivity index (χ1) is 8.79. The van der Waals surface area contributed by atoms with E-state index in [1.54, 1.807) is 0 Å². The lowest BCUT2D eigenvalue weighted by molar-refractivity contribution is 0.0991. The third kappa shape index (κ3) is 4.22. The molecule has 2 saturated heterocycles. The van der Waals surface area contributed by atoms with Crippen LogP contribution in [-0.4, -0.2) is 62.2 Å². The Balaban J connectivity index is 1.82. The van der Waals surface area contributed by atoms with Crippen LogP contribution in [0.15, 0.2) is 0 Å². The van der Waals surface area contributed by atoms with Crippen molar-refractivity contribution < 1.29 is 0 Å². The van der Waals surface area contributed by atoms with Gasteiger partial charge in [0, 0.05) is 12.6 Å². The van der Waals surface area contributed by atoms with E-state index in [1.807, 2.05) is 0 Å². The van der Waals surface area contributed by atoms with E-state index in [1.165, 1.54) is 71.4 Å². The average Bonchev–Trinajstić information content (AvgIpc) is 2.40. The van der Waals surface area contributed by atoms with Gasteiger partial charge in [0.1, 0.15) is 0 Å². The third-order valence-corrected chi connectivity index (χ3v) is 4.61. The Morgan fingerprint density at radius 3 is 2.61 bits per heavy atom. The Labute approximate surface area is 113 Å². The van der Waals surface area contributed by atoms with Crippen LogP contribution < -0.4 is 5.32 Å². The van der Waals surface area contributed by atoms with Gasteiger partial charge in [0.15, 0.2) is 0 Å². The van der Waals surface area contributed by atoms with Crippen molar-refractivity contribution in [3.05, 3.63) is 0 Å². The van der Waals surface area contributed by atoms with Crippen LogP contribution in [0, 0.1) is 5.92 Å². The number of nitrogens with zero attached hydrogens (tertiary/aromatic N) is 2. The lowest BCUT2D eigenvalue weighted by Gasteiger charge is -2.39. The van der Waals surface area contributed by atoms with E-state index in [4.69, 9.17) is 0 Å². The van der Waals surface area contributed by atoms with Gasteiger partial charge in [-0.2, -0.15) is 0 Å². The van der Waals surface area contributed by atoms with Gasteiger partial charge in [-0.1, -0.05) is 6.92 Å². The number of hydrogen-bond acceptors (Lipinski definition) is 3. The highest BCUT2D eigenvalue weighted by Gasteiger charge is 2.25. The van der Waals surface area contributed by atoms with Crippen molar-refractivity contribution in [1.29, 1.82) is 0 Å². The molecule has 0 aromatic rings. The summed E-state index contributed by atoms with van der Waals surface area (Å²) >= 11 is 0. The first kappa shape index (κ1) is 14.3. The van der Waals surface area contributed by atoms with Crippen LogP contribution in [0.3, 0.4) is 0 Å². The molecule has 0 aromatic carbocycles. The van der Waals surface area contributed by atoms with E-state index in [0.717, 1.165) is 12.0 Å². The van der Waals surface area contributed by atoms with Crippen LogP contribution in [0.5, 0.6) is 0 Å². The molecule has 2 rings (SSSR count). The number of rotatable bonds is 5. The number of hydrogen-bond donors (Lipinski definition) is 1. The molecule has 1 unspecified atom stereocenters. The molecule has 3 nitrogen and oxygen atoms in total. The molecule has 2 heterocycles. The van der Waals surface area contributed by atoms with Gasteiger partial charge < -0.3 is 10.2 Å². The van der Waals surface area contributed by atoms with Crippen LogP contribution in [0.25, 0.3) is 0 Å². The minimum atomic E-state index is 0.850. The van der Waals surface area contributed by atoms with Gasteiger partial charge in [-0.25, -0.2) is 0 Å². The second kappa shape index (κ2) is 7.46. The van der Waals surface area contributed by atoms with Crippen LogP contribution in [0.4, 0.5) is 0 Å². The molecule has 3 heteroatoms. The summed E-state index contributed by atoms with van der Waals surface area (Å²) in [5, 5.41) is 3.56. The van der Waals surface area contributed by atoms with E-state index >= 15 is 0 Å². The van der Waals surface area contributed by atoms with E-state index in [0.29, 0.717) is 0 Å². The zero-order chi connectivity index (χ0) is 12.8. The minimum Gasteiger partial charge on any atom is -0.316 e. The first-order valence-electron chi connectivity index (χ1n) is 7.93. The SMILES string of the molecule is CCCN(CC1CCCNC1)C1CCN(C)CC1. The second-order valence-electron chi connectivity index (χ2n) is 6.24. The predicted octanol–water partition coefficient (Wildman–Crippen LogP) is 1.79. The van der Waals surface area contributed by atoms with E-state index in [9.17, 15) is 0 Å². The Hall–Kier alpha value is -0.120. The maximum Gasteiger partial charge on any atom is 0.0120 e. The Bertz CT molecular complexity index is 218. The fourth-order valence-corrected chi connectivity index (χ4v) is 3.48. The van der Waals surface area contributed by atoms with E-state index in [-0.39, 0.29) is 0 Å². The monoisotopic (exact) mass is 253 g/mol. The summed E-state index contributed by atoms with van der Waals surface area (Å²) in [4.78, 5) is 5.27. The molecule has 1 atom stereocenters. The summed E-state index contributed by atoms with van der Waals surface area (Å²) in [6.45, 7) is 9.99. The molecule has 0 saturated carbocycles. The Morgan fingerprint density at radius 1 is 1.22 bits per heavy atom. The maximum absolute atomic E-state index is 3.56. The summed E-state index contributed by atoms with van der Waals surface area (Å²) in [6, 6.07) is 0.850. The lowest BCUT2D eigenvalue weighted by Crippen LogP contribution is -2.47. The Kier molecular flexibility index (Phi) is 5.93. The summed E-state index contributed by atoms with van der Waals surface area (Å²) in [5.41, 5.74) is 0. The lowest BCUT2D eigenvalue weighted by atomic mass is 9.96. The number of likely N-dealkylation sites (tertiary alicyclic amines) is 1. The molecule has 0 amide bonds. The molecule has 2 fully saturated rings. The Morgan fingerprint density at radius 2 is 2.00 bits per heavy atom. The van der Waals surface area contributed by atoms with Crippen molar-refractivity contribution in [1.82, 2.24) is 15.1 Å². The molecule has 2 aliphatic heterocycles. The molecule has 106 valence electrons.